The lowest BCUT2D eigenvalue weighted by Crippen LogP contribution is -2.28. The maximum atomic E-state index is 13.6. The molecule has 4 N–H and O–H groups in total. The van der Waals surface area contributed by atoms with Gasteiger partial charge in [0, 0.05) is 66.8 Å². The summed E-state index contributed by atoms with van der Waals surface area (Å²) >= 11 is 2.88. The van der Waals surface area contributed by atoms with Crippen molar-refractivity contribution in [1.29, 1.82) is 0 Å². The highest BCUT2D eigenvalue weighted by Crippen LogP contribution is 2.56. The predicted octanol–water partition coefficient (Wildman–Crippen LogP) is 10.3. The van der Waals surface area contributed by atoms with Gasteiger partial charge in [-0.15, -0.1) is 22.7 Å². The molecule has 3 aromatic carbocycles. The van der Waals surface area contributed by atoms with E-state index in [0.29, 0.717) is 0 Å². The highest BCUT2D eigenvalue weighted by Gasteiger charge is 2.47. The Labute approximate surface area is 353 Å². The highest BCUT2D eigenvalue weighted by molar-refractivity contribution is 7.20. The van der Waals surface area contributed by atoms with Gasteiger partial charge in [-0.05, 0) is 120 Å². The van der Waals surface area contributed by atoms with Crippen molar-refractivity contribution < 1.29 is 39.6 Å². The minimum atomic E-state index is -1.01. The Balaban J connectivity index is 1.01. The van der Waals surface area contributed by atoms with Gasteiger partial charge in [0.1, 0.15) is 11.5 Å². The third-order valence-corrected chi connectivity index (χ3v) is 15.2. The van der Waals surface area contributed by atoms with Crippen LogP contribution in [0.5, 0.6) is 0 Å². The van der Waals surface area contributed by atoms with E-state index in [1.165, 1.54) is 22.7 Å². The third kappa shape index (κ3) is 5.43. The van der Waals surface area contributed by atoms with Gasteiger partial charge in [-0.25, -0.2) is 9.59 Å². The fraction of sp³-hybridized carbons (Fsp3) is 0.208. The van der Waals surface area contributed by atoms with Crippen molar-refractivity contribution in [3.8, 4) is 0 Å². The van der Waals surface area contributed by atoms with E-state index in [-0.39, 0.29) is 56.5 Å². The molecule has 0 spiro atoms. The number of hydrogen-bond donors (Lipinski definition) is 4. The zero-order valence-electron chi connectivity index (χ0n) is 34.1. The Bertz CT molecular complexity index is 2900. The summed E-state index contributed by atoms with van der Waals surface area (Å²) in [5, 5.41) is 43.0. The number of carbonyl (C=O) groups is 4. The largest absolute Gasteiger partial charge is 0.506 e. The van der Waals surface area contributed by atoms with Crippen molar-refractivity contribution >= 4 is 89.9 Å². The second-order valence-electron chi connectivity index (χ2n) is 16.8. The summed E-state index contributed by atoms with van der Waals surface area (Å²) in [4.78, 5) is 55.9. The second-order valence-corrected chi connectivity index (χ2v) is 19.0. The number of carboxylic acid groups (broad SMARTS) is 2. The van der Waals surface area contributed by atoms with Crippen molar-refractivity contribution in [2.24, 2.45) is 0 Å². The van der Waals surface area contributed by atoms with E-state index in [0.717, 1.165) is 74.9 Å². The molecule has 2 aliphatic carbocycles. The molecule has 2 aliphatic heterocycles. The van der Waals surface area contributed by atoms with Crippen LogP contribution in [0.15, 0.2) is 106 Å². The number of aromatic carboxylic acids is 2. The number of aliphatic hydroxyl groups excluding tert-OH is 2. The molecule has 0 radical (unpaired) electrons. The number of anilines is 2. The summed E-state index contributed by atoms with van der Waals surface area (Å²) in [5.74, 6) is -2.72. The van der Waals surface area contributed by atoms with Crippen molar-refractivity contribution in [2.75, 3.05) is 23.9 Å². The van der Waals surface area contributed by atoms with Gasteiger partial charge in [0.2, 0.25) is 11.6 Å². The molecule has 0 saturated carbocycles. The van der Waals surface area contributed by atoms with Crippen LogP contribution in [0.25, 0.3) is 32.3 Å². The van der Waals surface area contributed by atoms with Crippen LogP contribution in [-0.2, 0) is 20.4 Å². The molecule has 0 bridgehead atoms. The highest BCUT2D eigenvalue weighted by atomic mass is 32.1. The summed E-state index contributed by atoms with van der Waals surface area (Å²) in [6, 6.07) is 14.2. The number of allylic oxidation sites excluding steroid dienone is 8. The average molecular weight is 837 g/mol. The number of ketones is 2. The zero-order valence-corrected chi connectivity index (χ0v) is 35.7. The number of nitrogens with zero attached hydrogens (tertiary/aromatic N) is 2. The molecule has 302 valence electrons. The molecule has 0 fully saturated rings. The summed E-state index contributed by atoms with van der Waals surface area (Å²) in [6.07, 6.45) is 6.91. The van der Waals surface area contributed by atoms with E-state index in [2.05, 4.69) is 39.8 Å². The van der Waals surface area contributed by atoms with Gasteiger partial charge in [0.25, 0.3) is 0 Å². The number of Topliss-reactive ketones (excluding diaryl/α,β-unsaturated/α-hetero) is 2. The number of aliphatic hydroxyl groups is 2. The number of carbonyl (C=O) groups excluding carboxylic acids is 2. The van der Waals surface area contributed by atoms with E-state index in [1.807, 2.05) is 37.7 Å². The van der Waals surface area contributed by atoms with Gasteiger partial charge in [-0.2, -0.15) is 0 Å². The average Bonchev–Trinajstić information content (AvgIpc) is 3.82. The quantitative estimate of drug-likeness (QED) is 0.121. The topological polar surface area (TPSA) is 156 Å². The Kier molecular flexibility index (Phi) is 8.45. The summed E-state index contributed by atoms with van der Waals surface area (Å²) in [7, 11) is 3.89. The van der Waals surface area contributed by atoms with Crippen LogP contribution in [0.4, 0.5) is 11.4 Å². The predicted molar refractivity (Wildman–Crippen MR) is 238 cm³/mol. The van der Waals surface area contributed by atoms with E-state index < -0.39 is 22.8 Å². The molecule has 10 nitrogen and oxygen atoms in total. The van der Waals surface area contributed by atoms with E-state index in [1.54, 1.807) is 60.7 Å². The molecule has 0 amide bonds. The van der Waals surface area contributed by atoms with Crippen molar-refractivity contribution in [2.45, 2.75) is 52.4 Å². The van der Waals surface area contributed by atoms with Crippen molar-refractivity contribution in [3.63, 3.8) is 0 Å². The van der Waals surface area contributed by atoms with Crippen LogP contribution in [0.2, 0.25) is 0 Å². The van der Waals surface area contributed by atoms with Gasteiger partial charge in [0.15, 0.2) is 0 Å². The maximum absolute atomic E-state index is 13.6. The molecule has 60 heavy (non-hydrogen) atoms. The maximum Gasteiger partial charge on any atom is 0.335 e. The smallest absolute Gasteiger partial charge is 0.335 e. The summed E-state index contributed by atoms with van der Waals surface area (Å²) in [6.45, 7) is 12.1. The van der Waals surface area contributed by atoms with Crippen LogP contribution in [0.1, 0.15) is 80.4 Å². The first-order valence-electron chi connectivity index (χ1n) is 19.3. The first kappa shape index (κ1) is 39.0. The molecular formula is C48H40N2O8S2. The first-order valence-corrected chi connectivity index (χ1v) is 20.9. The molecule has 9 rings (SSSR count). The standard InChI is InChI=1S/C48H40N2O8S2/c1-21-25-13-23(45(55)56)9-11-35(25)59-37(21)15-27-41(51)29(42(27)52)17-39-47(3,4)31-19-32-34(20-33(31)49(39)7)50(8)40(48(32,5)6)18-30-43(53)28(44(30)54)16-38-22(2)26-14-24(46(57)58)10-12-36(26)60-38/h9-20,51,53H,1-8H3,(H,55,56)(H,57,58). The van der Waals surface area contributed by atoms with Gasteiger partial charge >= 0.3 is 11.9 Å². The van der Waals surface area contributed by atoms with Crippen LogP contribution < -0.4 is 9.80 Å². The Morgan fingerprint density at radius 2 is 0.983 bits per heavy atom. The number of thiophene rings is 2. The van der Waals surface area contributed by atoms with Gasteiger partial charge < -0.3 is 30.2 Å². The monoisotopic (exact) mass is 836 g/mol. The SMILES string of the molecule is Cc1c(C=C2C(=O)C(C=C3N(C)c4cc5c(cc4C3(C)C)C(C)(C)C(=CC3=C(O)C(=Cc4sc6ccc(C(=O)O)cc6c4C)C3=O)N5C)=C2O)sc2ccc(C(=O)O)cc12. The number of fused-ring (bicyclic) bond motifs is 4. The molecule has 0 saturated heterocycles. The van der Waals surface area contributed by atoms with Crippen LogP contribution >= 0.6 is 22.7 Å². The Morgan fingerprint density at radius 3 is 1.33 bits per heavy atom. The van der Waals surface area contributed by atoms with Crippen LogP contribution in [0, 0.1) is 13.8 Å². The Hall–Kier alpha value is -6.50. The molecule has 5 aromatic rings. The van der Waals surface area contributed by atoms with E-state index in [9.17, 15) is 39.6 Å². The number of benzene rings is 3. The minimum Gasteiger partial charge on any atom is -0.506 e. The van der Waals surface area contributed by atoms with Crippen molar-refractivity contribution in [1.82, 2.24) is 0 Å². The molecule has 0 unspecified atom stereocenters. The second kappa shape index (κ2) is 13.0. The minimum absolute atomic E-state index is 0.0803. The fourth-order valence-electron chi connectivity index (χ4n) is 9.04. The summed E-state index contributed by atoms with van der Waals surface area (Å²) in [5.41, 5.74) is 7.51. The number of aryl methyl sites for hydroxylation is 2. The molecule has 0 atom stereocenters. The van der Waals surface area contributed by atoms with Gasteiger partial charge in [-0.3, -0.25) is 9.59 Å². The van der Waals surface area contributed by atoms with Crippen LogP contribution in [-0.4, -0.2) is 58.0 Å². The number of likely N-dealkylation sites (N-methyl/N-ethyl adjacent to an activating group) is 2. The lowest BCUT2D eigenvalue weighted by molar-refractivity contribution is -0.114. The number of hydrogen-bond acceptors (Lipinski definition) is 10. The number of rotatable bonds is 6. The molecule has 4 heterocycles. The summed E-state index contributed by atoms with van der Waals surface area (Å²) < 4.78 is 1.79. The fourth-order valence-corrected chi connectivity index (χ4v) is 11.3. The first-order chi connectivity index (χ1) is 28.2. The molecular weight excluding hydrogens is 797 g/mol. The molecule has 2 aromatic heterocycles. The van der Waals surface area contributed by atoms with E-state index in [4.69, 9.17) is 0 Å². The van der Waals surface area contributed by atoms with Gasteiger partial charge in [0.05, 0.1) is 33.4 Å². The van der Waals surface area contributed by atoms with E-state index >= 15 is 0 Å². The van der Waals surface area contributed by atoms with Crippen molar-refractivity contribution in [3.05, 3.63) is 149 Å². The van der Waals surface area contributed by atoms with Crippen LogP contribution in [0.3, 0.4) is 0 Å². The normalized spacial score (nSPS) is 20.7. The Morgan fingerprint density at radius 1 is 0.600 bits per heavy atom. The zero-order chi connectivity index (χ0) is 43.1. The lowest BCUT2D eigenvalue weighted by Gasteiger charge is -2.28. The molecule has 4 aliphatic rings. The molecule has 12 heteroatoms. The van der Waals surface area contributed by atoms with Gasteiger partial charge in [-0.1, -0.05) is 27.7 Å². The lowest BCUT2D eigenvalue weighted by atomic mass is 9.76. The number of carboxylic acids is 2. The third-order valence-electron chi connectivity index (χ3n) is 12.7.